The maximum Gasteiger partial charge on any atom is 0.294 e. The number of rotatable bonds is 7. The number of ether oxygens (including phenoxy) is 1. The van der Waals surface area contributed by atoms with Crippen molar-refractivity contribution in [3.63, 3.8) is 0 Å². The van der Waals surface area contributed by atoms with E-state index in [0.29, 0.717) is 18.2 Å². The first-order chi connectivity index (χ1) is 16.4. The second-order valence-corrected chi connectivity index (χ2v) is 9.79. The number of anilines is 1. The summed E-state index contributed by atoms with van der Waals surface area (Å²) in [6, 6.07) is 16.7. The fourth-order valence-electron chi connectivity index (χ4n) is 5.33. The van der Waals surface area contributed by atoms with Gasteiger partial charge in [0.05, 0.1) is 12.0 Å². The normalized spacial score (nSPS) is 21.9. The van der Waals surface area contributed by atoms with Gasteiger partial charge in [-0.25, -0.2) is 4.98 Å². The molecular weight excluding hydrogens is 450 g/mol. The quantitative estimate of drug-likeness (QED) is 0.308. The summed E-state index contributed by atoms with van der Waals surface area (Å²) in [7, 11) is 1.51. The number of methoxy groups -OCH3 is 1. The van der Waals surface area contributed by atoms with Crippen LogP contribution in [0.25, 0.3) is 0 Å². The van der Waals surface area contributed by atoms with Gasteiger partial charge in [0, 0.05) is 30.9 Å². The number of benzene rings is 2. The van der Waals surface area contributed by atoms with Gasteiger partial charge in [-0.3, -0.25) is 14.4 Å². The van der Waals surface area contributed by atoms with Crippen LogP contribution in [0.3, 0.4) is 0 Å². The SMILES string of the molecule is COCCNC(=O)C(=O)c1csc(NC(=O)C2(C)CC3c4ccccc4C2c2ccccc23)n1. The van der Waals surface area contributed by atoms with Crippen LogP contribution in [-0.2, 0) is 14.3 Å². The lowest BCUT2D eigenvalue weighted by Crippen LogP contribution is -2.47. The Balaban J connectivity index is 1.38. The third kappa shape index (κ3) is 3.63. The summed E-state index contributed by atoms with van der Waals surface area (Å²) in [6.07, 6.45) is 0.691. The Morgan fingerprint density at radius 1 is 1.06 bits per heavy atom. The van der Waals surface area contributed by atoms with Gasteiger partial charge in [0.1, 0.15) is 5.69 Å². The minimum absolute atomic E-state index is 0.0150. The molecule has 3 aliphatic rings. The van der Waals surface area contributed by atoms with Crippen molar-refractivity contribution in [3.05, 3.63) is 81.9 Å². The van der Waals surface area contributed by atoms with Crippen LogP contribution in [0.2, 0.25) is 0 Å². The molecule has 0 radical (unpaired) electrons. The number of nitrogens with zero attached hydrogens (tertiary/aromatic N) is 1. The third-order valence-electron chi connectivity index (χ3n) is 6.90. The van der Waals surface area contributed by atoms with Crippen LogP contribution in [-0.4, -0.2) is 42.8 Å². The molecule has 0 spiro atoms. The number of carbonyl (C=O) groups is 3. The summed E-state index contributed by atoms with van der Waals surface area (Å²) in [4.78, 5) is 42.3. The fraction of sp³-hybridized carbons (Fsp3) is 0.308. The lowest BCUT2D eigenvalue weighted by Gasteiger charge is -2.50. The fourth-order valence-corrected chi connectivity index (χ4v) is 6.01. The molecule has 2 amide bonds. The molecular formula is C26H25N3O4S. The van der Waals surface area contributed by atoms with E-state index in [0.717, 1.165) is 11.3 Å². The Bertz CT molecular complexity index is 1240. The molecule has 3 aliphatic carbocycles. The number of ketones is 1. The molecule has 0 fully saturated rings. The molecule has 174 valence electrons. The summed E-state index contributed by atoms with van der Waals surface area (Å²) in [6.45, 7) is 2.55. The highest BCUT2D eigenvalue weighted by Gasteiger charge is 2.54. The van der Waals surface area contributed by atoms with Crippen LogP contribution in [0.1, 0.15) is 57.9 Å². The van der Waals surface area contributed by atoms with E-state index in [1.807, 2.05) is 19.1 Å². The van der Waals surface area contributed by atoms with E-state index in [-0.39, 0.29) is 30.0 Å². The number of thiazole rings is 1. The van der Waals surface area contributed by atoms with Gasteiger partial charge in [0.2, 0.25) is 5.91 Å². The first kappa shape index (κ1) is 22.4. The van der Waals surface area contributed by atoms with Gasteiger partial charge < -0.3 is 15.4 Å². The van der Waals surface area contributed by atoms with Gasteiger partial charge in [-0.15, -0.1) is 11.3 Å². The molecule has 7 nitrogen and oxygen atoms in total. The van der Waals surface area contributed by atoms with Crippen molar-refractivity contribution in [2.75, 3.05) is 25.6 Å². The number of nitrogens with one attached hydrogen (secondary N) is 2. The van der Waals surface area contributed by atoms with E-state index in [1.165, 1.54) is 34.7 Å². The van der Waals surface area contributed by atoms with Crippen LogP contribution in [0.15, 0.2) is 53.9 Å². The maximum absolute atomic E-state index is 13.7. The monoisotopic (exact) mass is 475 g/mol. The second kappa shape index (κ2) is 8.77. The van der Waals surface area contributed by atoms with Crippen LogP contribution in [0.4, 0.5) is 5.13 Å². The molecule has 1 unspecified atom stereocenters. The van der Waals surface area contributed by atoms with Crippen molar-refractivity contribution >= 4 is 34.1 Å². The van der Waals surface area contributed by atoms with E-state index in [4.69, 9.17) is 4.74 Å². The van der Waals surface area contributed by atoms with Gasteiger partial charge in [-0.1, -0.05) is 48.5 Å². The largest absolute Gasteiger partial charge is 0.383 e. The molecule has 3 aromatic rings. The summed E-state index contributed by atoms with van der Waals surface area (Å²) in [5.74, 6) is -1.54. The number of hydrogen-bond acceptors (Lipinski definition) is 6. The van der Waals surface area contributed by atoms with Gasteiger partial charge in [0.25, 0.3) is 11.7 Å². The molecule has 1 aromatic heterocycles. The number of carbonyl (C=O) groups excluding carboxylic acids is 3. The van der Waals surface area contributed by atoms with Gasteiger partial charge in [0.15, 0.2) is 5.13 Å². The van der Waals surface area contributed by atoms with E-state index >= 15 is 0 Å². The molecule has 2 aromatic carbocycles. The van der Waals surface area contributed by atoms with Crippen molar-refractivity contribution in [2.45, 2.75) is 25.2 Å². The van der Waals surface area contributed by atoms with Crippen molar-refractivity contribution < 1.29 is 19.1 Å². The molecule has 2 N–H and O–H groups in total. The van der Waals surface area contributed by atoms with Crippen molar-refractivity contribution in [3.8, 4) is 0 Å². The smallest absolute Gasteiger partial charge is 0.294 e. The Kier molecular flexibility index (Phi) is 5.79. The highest BCUT2D eigenvalue weighted by atomic mass is 32.1. The predicted molar refractivity (Wildman–Crippen MR) is 129 cm³/mol. The molecule has 6 rings (SSSR count). The summed E-state index contributed by atoms with van der Waals surface area (Å²) in [5, 5.41) is 7.22. The van der Waals surface area contributed by atoms with E-state index in [2.05, 4.69) is 52.0 Å². The van der Waals surface area contributed by atoms with Crippen LogP contribution in [0.5, 0.6) is 0 Å². The molecule has 8 heteroatoms. The first-order valence-corrected chi connectivity index (χ1v) is 12.1. The first-order valence-electron chi connectivity index (χ1n) is 11.2. The Morgan fingerprint density at radius 3 is 2.29 bits per heavy atom. The highest BCUT2D eigenvalue weighted by molar-refractivity contribution is 7.14. The molecule has 0 saturated carbocycles. The zero-order chi connectivity index (χ0) is 23.9. The lowest BCUT2D eigenvalue weighted by molar-refractivity contribution is -0.126. The second-order valence-electron chi connectivity index (χ2n) is 8.93. The average molecular weight is 476 g/mol. The molecule has 0 aliphatic heterocycles. The summed E-state index contributed by atoms with van der Waals surface area (Å²) >= 11 is 1.14. The maximum atomic E-state index is 13.7. The minimum atomic E-state index is -0.745. The number of Topliss-reactive ketones (excluding diaryl/α,β-unsaturated/α-hetero) is 1. The zero-order valence-electron chi connectivity index (χ0n) is 19.0. The average Bonchev–Trinajstić information content (AvgIpc) is 3.32. The zero-order valence-corrected chi connectivity index (χ0v) is 19.8. The van der Waals surface area contributed by atoms with E-state index in [1.54, 1.807) is 0 Å². The standard InChI is InChI=1S/C26H25N3O4S/c1-26(24(32)29-25-28-20(14-34-25)22(30)23(31)27-11-12-33-2)13-19-15-7-3-5-9-17(15)21(26)18-10-6-4-8-16(18)19/h3-10,14,19,21H,11-13H2,1-2H3,(H,27,31)(H,28,29,32). The molecule has 0 saturated heterocycles. The van der Waals surface area contributed by atoms with Crippen molar-refractivity contribution in [2.24, 2.45) is 5.41 Å². The Hall–Kier alpha value is -3.36. The molecule has 34 heavy (non-hydrogen) atoms. The third-order valence-corrected chi connectivity index (χ3v) is 7.66. The van der Waals surface area contributed by atoms with Gasteiger partial charge >= 0.3 is 0 Å². The van der Waals surface area contributed by atoms with Gasteiger partial charge in [-0.2, -0.15) is 0 Å². The summed E-state index contributed by atoms with van der Waals surface area (Å²) < 4.78 is 4.87. The summed E-state index contributed by atoms with van der Waals surface area (Å²) in [5.41, 5.74) is 4.30. The Morgan fingerprint density at radius 2 is 1.68 bits per heavy atom. The molecule has 1 heterocycles. The Labute approximate surface area is 201 Å². The van der Waals surface area contributed by atoms with E-state index < -0.39 is 17.1 Å². The number of amides is 2. The number of fused-ring (bicyclic) bond motifs is 1. The van der Waals surface area contributed by atoms with Crippen molar-refractivity contribution in [1.82, 2.24) is 10.3 Å². The topological polar surface area (TPSA) is 97.4 Å². The van der Waals surface area contributed by atoms with Gasteiger partial charge in [-0.05, 0) is 35.6 Å². The predicted octanol–water partition coefficient (Wildman–Crippen LogP) is 3.71. The number of hydrogen-bond donors (Lipinski definition) is 2. The van der Waals surface area contributed by atoms with E-state index in [9.17, 15) is 14.4 Å². The number of aromatic nitrogens is 1. The molecule has 1 atom stereocenters. The minimum Gasteiger partial charge on any atom is -0.383 e. The van der Waals surface area contributed by atoms with Crippen LogP contribution < -0.4 is 10.6 Å². The lowest BCUT2D eigenvalue weighted by atomic mass is 9.52. The van der Waals surface area contributed by atoms with Crippen LogP contribution >= 0.6 is 11.3 Å². The van der Waals surface area contributed by atoms with Crippen molar-refractivity contribution in [1.29, 1.82) is 0 Å². The highest BCUT2D eigenvalue weighted by Crippen LogP contribution is 2.61. The molecule has 2 bridgehead atoms. The van der Waals surface area contributed by atoms with Crippen LogP contribution in [0, 0.1) is 5.41 Å².